The Kier molecular flexibility index (Phi) is 6.90. The molecule has 0 saturated carbocycles. The number of nitrogens with zero attached hydrogens (tertiary/aromatic N) is 1. The molecule has 3 aromatic rings. The number of hydrogen-bond donors (Lipinski definition) is 1. The van der Waals surface area contributed by atoms with Crippen molar-refractivity contribution in [1.29, 1.82) is 0 Å². The number of amides is 2. The molecule has 3 rings (SSSR count). The third-order valence-corrected chi connectivity index (χ3v) is 5.26. The predicted octanol–water partition coefficient (Wildman–Crippen LogP) is 5.29. The highest BCUT2D eigenvalue weighted by Crippen LogP contribution is 2.25. The molecule has 0 fully saturated rings. The number of halogens is 1. The normalized spacial score (nSPS) is 10.4. The van der Waals surface area contributed by atoms with Crippen molar-refractivity contribution in [3.8, 4) is 5.75 Å². The van der Waals surface area contributed by atoms with Crippen LogP contribution < -0.4 is 10.1 Å². The number of carbonyl (C=O) groups is 2. The zero-order valence-corrected chi connectivity index (χ0v) is 18.7. The van der Waals surface area contributed by atoms with Crippen LogP contribution >= 0.6 is 15.9 Å². The van der Waals surface area contributed by atoms with Gasteiger partial charge in [-0.15, -0.1) is 0 Å². The van der Waals surface area contributed by atoms with Gasteiger partial charge in [0.2, 0.25) is 0 Å². The van der Waals surface area contributed by atoms with Gasteiger partial charge in [0.25, 0.3) is 11.8 Å². The number of carbonyl (C=O) groups excluding carboxylic acids is 2. The van der Waals surface area contributed by atoms with E-state index in [0.29, 0.717) is 23.4 Å². The number of rotatable bonds is 6. The number of anilines is 1. The standard InChI is InChI=1S/C24H23BrN2O3/c1-16-9-10-18(14-21(16)26-23(28)17-7-5-4-6-8-17)24(29)27(2)15-19-13-20(25)11-12-22(19)30-3/h4-14H,15H2,1-3H3,(H,26,28). The quantitative estimate of drug-likeness (QED) is 0.536. The summed E-state index contributed by atoms with van der Waals surface area (Å²) in [6.45, 7) is 2.28. The molecule has 2 amide bonds. The molecule has 0 atom stereocenters. The van der Waals surface area contributed by atoms with E-state index in [1.165, 1.54) is 0 Å². The SMILES string of the molecule is COc1ccc(Br)cc1CN(C)C(=O)c1ccc(C)c(NC(=O)c2ccccc2)c1. The van der Waals surface area contributed by atoms with Gasteiger partial charge in [0, 0.05) is 40.4 Å². The summed E-state index contributed by atoms with van der Waals surface area (Å²) in [5.74, 6) is 0.361. The minimum atomic E-state index is -0.212. The molecule has 0 heterocycles. The van der Waals surface area contributed by atoms with Crippen molar-refractivity contribution in [3.05, 3.63) is 93.5 Å². The third-order valence-electron chi connectivity index (χ3n) is 4.77. The van der Waals surface area contributed by atoms with Crippen LogP contribution in [0.5, 0.6) is 5.75 Å². The van der Waals surface area contributed by atoms with Crippen molar-refractivity contribution in [2.24, 2.45) is 0 Å². The fraction of sp³-hybridized carbons (Fsp3) is 0.167. The molecule has 0 aliphatic rings. The first kappa shape index (κ1) is 21.6. The van der Waals surface area contributed by atoms with Gasteiger partial charge < -0.3 is 15.0 Å². The highest BCUT2D eigenvalue weighted by molar-refractivity contribution is 9.10. The molecule has 5 nitrogen and oxygen atoms in total. The van der Waals surface area contributed by atoms with Crippen molar-refractivity contribution in [3.63, 3.8) is 0 Å². The zero-order chi connectivity index (χ0) is 21.7. The molecule has 0 unspecified atom stereocenters. The Morgan fingerprint density at radius 1 is 1.00 bits per heavy atom. The van der Waals surface area contributed by atoms with E-state index in [2.05, 4.69) is 21.2 Å². The summed E-state index contributed by atoms with van der Waals surface area (Å²) in [7, 11) is 3.35. The first-order valence-electron chi connectivity index (χ1n) is 9.44. The van der Waals surface area contributed by atoms with Gasteiger partial charge in [-0.1, -0.05) is 40.2 Å². The van der Waals surface area contributed by atoms with E-state index in [1.54, 1.807) is 43.3 Å². The van der Waals surface area contributed by atoms with Crippen LogP contribution in [0.15, 0.2) is 71.2 Å². The molecule has 0 aliphatic carbocycles. The molecule has 0 saturated heterocycles. The fourth-order valence-corrected chi connectivity index (χ4v) is 3.50. The lowest BCUT2D eigenvalue weighted by Gasteiger charge is -2.20. The van der Waals surface area contributed by atoms with Gasteiger partial charge in [-0.3, -0.25) is 9.59 Å². The number of benzene rings is 3. The minimum Gasteiger partial charge on any atom is -0.496 e. The molecule has 154 valence electrons. The van der Waals surface area contributed by atoms with Gasteiger partial charge >= 0.3 is 0 Å². The molecule has 0 spiro atoms. The van der Waals surface area contributed by atoms with Crippen LogP contribution in [-0.4, -0.2) is 30.9 Å². The minimum absolute atomic E-state index is 0.146. The zero-order valence-electron chi connectivity index (χ0n) is 17.1. The van der Waals surface area contributed by atoms with Crippen LogP contribution in [0.2, 0.25) is 0 Å². The number of ether oxygens (including phenoxy) is 1. The number of hydrogen-bond acceptors (Lipinski definition) is 3. The van der Waals surface area contributed by atoms with Crippen LogP contribution in [-0.2, 0) is 6.54 Å². The Balaban J connectivity index is 1.79. The highest BCUT2D eigenvalue weighted by atomic mass is 79.9. The lowest BCUT2D eigenvalue weighted by atomic mass is 10.1. The first-order valence-corrected chi connectivity index (χ1v) is 10.2. The van der Waals surface area contributed by atoms with E-state index < -0.39 is 0 Å². The van der Waals surface area contributed by atoms with Gasteiger partial charge in [-0.05, 0) is 55.0 Å². The molecule has 0 aromatic heterocycles. The van der Waals surface area contributed by atoms with E-state index in [9.17, 15) is 9.59 Å². The van der Waals surface area contributed by atoms with Gasteiger partial charge in [0.05, 0.1) is 7.11 Å². The number of nitrogens with one attached hydrogen (secondary N) is 1. The second-order valence-electron chi connectivity index (χ2n) is 6.97. The average molecular weight is 467 g/mol. The number of aryl methyl sites for hydroxylation is 1. The third kappa shape index (κ3) is 5.07. The van der Waals surface area contributed by atoms with Gasteiger partial charge in [-0.25, -0.2) is 0 Å². The molecular formula is C24H23BrN2O3. The Morgan fingerprint density at radius 2 is 1.73 bits per heavy atom. The molecule has 1 N–H and O–H groups in total. The smallest absolute Gasteiger partial charge is 0.255 e. The van der Waals surface area contributed by atoms with Crippen molar-refractivity contribution in [2.45, 2.75) is 13.5 Å². The summed E-state index contributed by atoms with van der Waals surface area (Å²) >= 11 is 3.46. The van der Waals surface area contributed by atoms with Crippen molar-refractivity contribution in [2.75, 3.05) is 19.5 Å². The predicted molar refractivity (Wildman–Crippen MR) is 122 cm³/mol. The van der Waals surface area contributed by atoms with Crippen LogP contribution in [0.3, 0.4) is 0 Å². The monoisotopic (exact) mass is 466 g/mol. The summed E-state index contributed by atoms with van der Waals surface area (Å²) in [5, 5.41) is 2.90. The lowest BCUT2D eigenvalue weighted by Crippen LogP contribution is -2.26. The van der Waals surface area contributed by atoms with Crippen molar-refractivity contribution < 1.29 is 14.3 Å². The number of methoxy groups -OCH3 is 1. The van der Waals surface area contributed by atoms with Gasteiger partial charge in [-0.2, -0.15) is 0 Å². The van der Waals surface area contributed by atoms with E-state index in [1.807, 2.05) is 49.4 Å². The molecule has 0 bridgehead atoms. The van der Waals surface area contributed by atoms with Crippen molar-refractivity contribution in [1.82, 2.24) is 4.90 Å². The summed E-state index contributed by atoms with van der Waals surface area (Å²) in [4.78, 5) is 27.1. The molecule has 3 aromatic carbocycles. The highest BCUT2D eigenvalue weighted by Gasteiger charge is 2.16. The summed E-state index contributed by atoms with van der Waals surface area (Å²) in [6, 6.07) is 20.0. The van der Waals surface area contributed by atoms with Crippen LogP contribution in [0, 0.1) is 6.92 Å². The Bertz CT molecular complexity index is 1070. The molecule has 6 heteroatoms. The van der Waals surface area contributed by atoms with Crippen LogP contribution in [0.1, 0.15) is 31.8 Å². The van der Waals surface area contributed by atoms with Crippen LogP contribution in [0.25, 0.3) is 0 Å². The fourth-order valence-electron chi connectivity index (χ4n) is 3.09. The second kappa shape index (κ2) is 9.59. The second-order valence-corrected chi connectivity index (χ2v) is 7.88. The van der Waals surface area contributed by atoms with Crippen molar-refractivity contribution >= 4 is 33.4 Å². The maximum atomic E-state index is 13.0. The Labute approximate surface area is 184 Å². The molecule has 0 radical (unpaired) electrons. The summed E-state index contributed by atoms with van der Waals surface area (Å²) < 4.78 is 6.32. The van der Waals surface area contributed by atoms with Gasteiger partial charge in [0.1, 0.15) is 5.75 Å². The maximum Gasteiger partial charge on any atom is 0.255 e. The topological polar surface area (TPSA) is 58.6 Å². The summed E-state index contributed by atoms with van der Waals surface area (Å²) in [5.41, 5.74) is 3.45. The van der Waals surface area contributed by atoms with E-state index in [4.69, 9.17) is 4.74 Å². The maximum absolute atomic E-state index is 13.0. The lowest BCUT2D eigenvalue weighted by molar-refractivity contribution is 0.0784. The molecule has 30 heavy (non-hydrogen) atoms. The van der Waals surface area contributed by atoms with E-state index >= 15 is 0 Å². The molecular weight excluding hydrogens is 444 g/mol. The largest absolute Gasteiger partial charge is 0.496 e. The van der Waals surface area contributed by atoms with E-state index in [0.717, 1.165) is 21.3 Å². The molecule has 0 aliphatic heterocycles. The Hall–Kier alpha value is -3.12. The average Bonchev–Trinajstić information content (AvgIpc) is 2.75. The first-order chi connectivity index (χ1) is 14.4. The van der Waals surface area contributed by atoms with E-state index in [-0.39, 0.29) is 11.8 Å². The Morgan fingerprint density at radius 3 is 2.43 bits per heavy atom. The van der Waals surface area contributed by atoms with Gasteiger partial charge in [0.15, 0.2) is 0 Å². The van der Waals surface area contributed by atoms with Crippen LogP contribution in [0.4, 0.5) is 5.69 Å². The summed E-state index contributed by atoms with van der Waals surface area (Å²) in [6.07, 6.45) is 0.